The number of aliphatic hydroxyl groups is 1. The molecule has 13 heavy (non-hydrogen) atoms. The predicted octanol–water partition coefficient (Wildman–Crippen LogP) is 0.564. The predicted molar refractivity (Wildman–Crippen MR) is 50.1 cm³/mol. The van der Waals surface area contributed by atoms with Crippen molar-refractivity contribution in [3.63, 3.8) is 0 Å². The lowest BCUT2D eigenvalue weighted by Crippen LogP contribution is -2.19. The molecular formula is C10H14N2O. The molecule has 3 heteroatoms. The van der Waals surface area contributed by atoms with Gasteiger partial charge >= 0.3 is 0 Å². The first kappa shape index (κ1) is 8.66. The van der Waals surface area contributed by atoms with Crippen molar-refractivity contribution in [3.05, 3.63) is 29.6 Å². The average molecular weight is 178 g/mol. The van der Waals surface area contributed by atoms with Crippen LogP contribution in [-0.2, 0) is 12.0 Å². The molecule has 1 aliphatic rings. The van der Waals surface area contributed by atoms with Gasteiger partial charge in [-0.3, -0.25) is 4.98 Å². The topological polar surface area (TPSA) is 59.1 Å². The Kier molecular flexibility index (Phi) is 2.06. The Morgan fingerprint density at radius 3 is 2.85 bits per heavy atom. The third-order valence-electron chi connectivity index (χ3n) is 2.84. The van der Waals surface area contributed by atoms with E-state index in [2.05, 4.69) is 4.98 Å². The van der Waals surface area contributed by atoms with Crippen LogP contribution in [0.1, 0.15) is 24.1 Å². The van der Waals surface area contributed by atoms with Crippen molar-refractivity contribution in [3.8, 4) is 0 Å². The van der Waals surface area contributed by atoms with Gasteiger partial charge in [-0.2, -0.15) is 0 Å². The Morgan fingerprint density at radius 2 is 2.31 bits per heavy atom. The summed E-state index contributed by atoms with van der Waals surface area (Å²) >= 11 is 0. The summed E-state index contributed by atoms with van der Waals surface area (Å²) in [5.74, 6) is 0. The normalized spacial score (nSPS) is 18.6. The van der Waals surface area contributed by atoms with Gasteiger partial charge in [-0.05, 0) is 30.5 Å². The number of aromatic nitrogens is 1. The largest absolute Gasteiger partial charge is 0.390 e. The first-order valence-corrected chi connectivity index (χ1v) is 4.57. The van der Waals surface area contributed by atoms with Crippen LogP contribution in [-0.4, -0.2) is 16.6 Å². The van der Waals surface area contributed by atoms with Crippen LogP contribution >= 0.6 is 0 Å². The van der Waals surface area contributed by atoms with Gasteiger partial charge in [0.15, 0.2) is 0 Å². The van der Waals surface area contributed by atoms with E-state index in [1.165, 1.54) is 18.4 Å². The fourth-order valence-electron chi connectivity index (χ4n) is 1.66. The van der Waals surface area contributed by atoms with Gasteiger partial charge in [-0.15, -0.1) is 0 Å². The molecule has 1 aliphatic carbocycles. The molecule has 1 aromatic heterocycles. The maximum absolute atomic E-state index is 8.93. The van der Waals surface area contributed by atoms with E-state index in [4.69, 9.17) is 10.8 Å². The van der Waals surface area contributed by atoms with Crippen molar-refractivity contribution in [1.82, 2.24) is 4.98 Å². The fourth-order valence-corrected chi connectivity index (χ4v) is 1.66. The molecule has 3 N–H and O–H groups in total. The molecule has 0 bridgehead atoms. The highest BCUT2D eigenvalue weighted by Crippen LogP contribution is 2.47. The molecule has 0 spiro atoms. The summed E-state index contributed by atoms with van der Waals surface area (Å²) in [6.07, 6.45) is 4.08. The lowest BCUT2D eigenvalue weighted by atomic mass is 9.97. The highest BCUT2D eigenvalue weighted by Gasteiger charge is 2.42. The van der Waals surface area contributed by atoms with E-state index in [9.17, 15) is 0 Å². The highest BCUT2D eigenvalue weighted by molar-refractivity contribution is 5.31. The molecule has 1 aromatic rings. The lowest BCUT2D eigenvalue weighted by Gasteiger charge is -2.12. The third-order valence-corrected chi connectivity index (χ3v) is 2.84. The smallest absolute Gasteiger partial charge is 0.0853 e. The second-order valence-electron chi connectivity index (χ2n) is 3.68. The zero-order valence-electron chi connectivity index (χ0n) is 7.53. The lowest BCUT2D eigenvalue weighted by molar-refractivity contribution is 0.276. The molecule has 0 saturated heterocycles. The summed E-state index contributed by atoms with van der Waals surface area (Å²) in [4.78, 5) is 4.04. The Labute approximate surface area is 77.6 Å². The molecule has 0 atom stereocenters. The molecule has 0 unspecified atom stereocenters. The minimum absolute atomic E-state index is 0.00842. The van der Waals surface area contributed by atoms with Gasteiger partial charge in [0.1, 0.15) is 0 Å². The van der Waals surface area contributed by atoms with Gasteiger partial charge in [0.05, 0.1) is 12.3 Å². The zero-order chi connectivity index (χ0) is 9.31. The minimum atomic E-state index is 0.00842. The van der Waals surface area contributed by atoms with E-state index in [0.29, 0.717) is 6.54 Å². The second kappa shape index (κ2) is 3.09. The highest BCUT2D eigenvalue weighted by atomic mass is 16.3. The number of rotatable bonds is 3. The van der Waals surface area contributed by atoms with Crippen LogP contribution in [0, 0.1) is 0 Å². The first-order chi connectivity index (χ1) is 6.30. The van der Waals surface area contributed by atoms with Crippen molar-refractivity contribution in [1.29, 1.82) is 0 Å². The Morgan fingerprint density at radius 1 is 1.54 bits per heavy atom. The van der Waals surface area contributed by atoms with Crippen LogP contribution in [0.25, 0.3) is 0 Å². The number of aliphatic hydroxyl groups excluding tert-OH is 1. The van der Waals surface area contributed by atoms with Crippen LogP contribution < -0.4 is 5.73 Å². The van der Waals surface area contributed by atoms with Crippen LogP contribution in [0.15, 0.2) is 18.3 Å². The third kappa shape index (κ3) is 1.45. The molecule has 0 amide bonds. The van der Waals surface area contributed by atoms with E-state index >= 15 is 0 Å². The van der Waals surface area contributed by atoms with E-state index < -0.39 is 0 Å². The van der Waals surface area contributed by atoms with Crippen LogP contribution in [0.5, 0.6) is 0 Å². The maximum atomic E-state index is 8.93. The summed E-state index contributed by atoms with van der Waals surface area (Å²) in [5.41, 5.74) is 7.87. The fraction of sp³-hybridized carbons (Fsp3) is 0.500. The molecule has 3 nitrogen and oxygen atoms in total. The SMILES string of the molecule is NCC1(c2ccnc(CO)c2)CC1. The van der Waals surface area contributed by atoms with Crippen molar-refractivity contribution >= 4 is 0 Å². The van der Waals surface area contributed by atoms with Crippen molar-refractivity contribution in [2.75, 3.05) is 6.54 Å². The maximum Gasteiger partial charge on any atom is 0.0853 e. The molecule has 2 rings (SSSR count). The van der Waals surface area contributed by atoms with Crippen LogP contribution in [0.4, 0.5) is 0 Å². The number of nitrogens with zero attached hydrogens (tertiary/aromatic N) is 1. The molecule has 70 valence electrons. The molecule has 1 fully saturated rings. The minimum Gasteiger partial charge on any atom is -0.390 e. The number of hydrogen-bond acceptors (Lipinski definition) is 3. The Bertz CT molecular complexity index is 308. The standard InChI is InChI=1S/C10H14N2O/c11-7-10(2-3-10)8-1-4-12-9(5-8)6-13/h1,4-5,13H,2-3,6-7,11H2. The summed E-state index contributed by atoms with van der Waals surface area (Å²) in [5, 5.41) is 8.93. The van der Waals surface area contributed by atoms with Gasteiger partial charge < -0.3 is 10.8 Å². The van der Waals surface area contributed by atoms with Gasteiger partial charge in [0.2, 0.25) is 0 Å². The van der Waals surface area contributed by atoms with E-state index in [0.717, 1.165) is 5.69 Å². The summed E-state index contributed by atoms with van der Waals surface area (Å²) in [6, 6.07) is 3.96. The molecular weight excluding hydrogens is 164 g/mol. The van der Waals surface area contributed by atoms with E-state index in [1.54, 1.807) is 6.20 Å². The number of hydrogen-bond donors (Lipinski definition) is 2. The summed E-state index contributed by atoms with van der Waals surface area (Å²) < 4.78 is 0. The Hall–Kier alpha value is -0.930. The van der Waals surface area contributed by atoms with E-state index in [1.807, 2.05) is 12.1 Å². The van der Waals surface area contributed by atoms with Crippen molar-refractivity contribution < 1.29 is 5.11 Å². The number of nitrogens with two attached hydrogens (primary N) is 1. The Balaban J connectivity index is 2.30. The average Bonchev–Trinajstić information content (AvgIpc) is 2.99. The zero-order valence-corrected chi connectivity index (χ0v) is 7.53. The first-order valence-electron chi connectivity index (χ1n) is 4.57. The quantitative estimate of drug-likeness (QED) is 0.711. The van der Waals surface area contributed by atoms with E-state index in [-0.39, 0.29) is 12.0 Å². The molecule has 0 aromatic carbocycles. The molecule has 1 saturated carbocycles. The van der Waals surface area contributed by atoms with Gasteiger partial charge in [0.25, 0.3) is 0 Å². The van der Waals surface area contributed by atoms with Gasteiger partial charge in [0, 0.05) is 18.2 Å². The van der Waals surface area contributed by atoms with Gasteiger partial charge in [-0.1, -0.05) is 0 Å². The van der Waals surface area contributed by atoms with Crippen LogP contribution in [0.2, 0.25) is 0 Å². The van der Waals surface area contributed by atoms with Crippen molar-refractivity contribution in [2.45, 2.75) is 24.9 Å². The monoisotopic (exact) mass is 178 g/mol. The van der Waals surface area contributed by atoms with Crippen molar-refractivity contribution in [2.24, 2.45) is 5.73 Å². The molecule has 0 aliphatic heterocycles. The molecule has 1 heterocycles. The van der Waals surface area contributed by atoms with Crippen LogP contribution in [0.3, 0.4) is 0 Å². The van der Waals surface area contributed by atoms with Gasteiger partial charge in [-0.25, -0.2) is 0 Å². The summed E-state index contributed by atoms with van der Waals surface area (Å²) in [6.45, 7) is 0.705. The second-order valence-corrected chi connectivity index (χ2v) is 3.68. The molecule has 0 radical (unpaired) electrons. The summed E-state index contributed by atoms with van der Waals surface area (Å²) in [7, 11) is 0. The number of pyridine rings is 1.